The molecule has 0 fully saturated rings. The Bertz CT molecular complexity index is 868. The predicted octanol–water partition coefficient (Wildman–Crippen LogP) is 2.25. The summed E-state index contributed by atoms with van der Waals surface area (Å²) in [5.74, 6) is 0.220. The molecule has 0 aromatic carbocycles. The zero-order valence-electron chi connectivity index (χ0n) is 13.5. The second kappa shape index (κ2) is 6.04. The standard InChI is InChI=1S/C15H18N6OS/c1-5-12-18-11(7-23-12)10(4)17-14(22)13-19-15-16-8(2)6-9(3)21(15)20-13/h6-7,10H,5H2,1-4H3,(H,17,22). The highest BCUT2D eigenvalue weighted by molar-refractivity contribution is 7.09. The maximum absolute atomic E-state index is 12.4. The molecule has 3 rings (SSSR count). The average molecular weight is 330 g/mol. The van der Waals surface area contributed by atoms with Gasteiger partial charge in [0.25, 0.3) is 11.7 Å². The number of carbonyl (C=O) groups excluding carboxylic acids is 1. The van der Waals surface area contributed by atoms with Crippen molar-refractivity contribution < 1.29 is 4.79 Å². The van der Waals surface area contributed by atoms with Crippen molar-refractivity contribution in [3.05, 3.63) is 39.4 Å². The molecule has 0 aliphatic heterocycles. The van der Waals surface area contributed by atoms with Gasteiger partial charge < -0.3 is 5.32 Å². The molecular formula is C15H18N6OS. The van der Waals surface area contributed by atoms with Gasteiger partial charge in [0, 0.05) is 16.8 Å². The maximum atomic E-state index is 12.4. The smallest absolute Gasteiger partial charge is 0.291 e. The lowest BCUT2D eigenvalue weighted by Gasteiger charge is -2.09. The van der Waals surface area contributed by atoms with Gasteiger partial charge in [0.05, 0.1) is 16.7 Å². The van der Waals surface area contributed by atoms with E-state index in [0.717, 1.165) is 28.5 Å². The van der Waals surface area contributed by atoms with Crippen LogP contribution in [0.5, 0.6) is 0 Å². The van der Waals surface area contributed by atoms with Crippen LogP contribution in [0.25, 0.3) is 5.78 Å². The first-order valence-corrected chi connectivity index (χ1v) is 8.32. The van der Waals surface area contributed by atoms with Gasteiger partial charge in [-0.15, -0.1) is 16.4 Å². The normalized spacial score (nSPS) is 12.5. The van der Waals surface area contributed by atoms with Crippen LogP contribution in [0.3, 0.4) is 0 Å². The van der Waals surface area contributed by atoms with Gasteiger partial charge in [0.15, 0.2) is 0 Å². The first-order valence-electron chi connectivity index (χ1n) is 7.44. The summed E-state index contributed by atoms with van der Waals surface area (Å²) in [5, 5.41) is 10.1. The van der Waals surface area contributed by atoms with Crippen molar-refractivity contribution >= 4 is 23.0 Å². The molecule has 0 aliphatic rings. The number of nitrogens with zero attached hydrogens (tertiary/aromatic N) is 5. The Balaban J connectivity index is 1.81. The molecule has 0 radical (unpaired) electrons. The van der Waals surface area contributed by atoms with Crippen LogP contribution in [-0.4, -0.2) is 30.5 Å². The number of rotatable bonds is 4. The van der Waals surface area contributed by atoms with E-state index in [1.807, 2.05) is 32.2 Å². The Hall–Kier alpha value is -2.35. The zero-order valence-corrected chi connectivity index (χ0v) is 14.3. The number of thiazole rings is 1. The minimum atomic E-state index is -0.328. The molecule has 1 N–H and O–H groups in total. The van der Waals surface area contributed by atoms with Crippen LogP contribution >= 0.6 is 11.3 Å². The van der Waals surface area contributed by atoms with E-state index in [1.165, 1.54) is 0 Å². The molecule has 0 saturated carbocycles. The van der Waals surface area contributed by atoms with Gasteiger partial charge in [-0.1, -0.05) is 6.92 Å². The summed E-state index contributed by atoms with van der Waals surface area (Å²) in [5.41, 5.74) is 2.59. The summed E-state index contributed by atoms with van der Waals surface area (Å²) in [4.78, 5) is 25.4. The molecule has 1 atom stereocenters. The number of aromatic nitrogens is 5. The SMILES string of the molecule is CCc1nc(C(C)NC(=O)c2nc3nc(C)cc(C)n3n2)cs1. The van der Waals surface area contributed by atoms with Gasteiger partial charge >= 0.3 is 0 Å². The molecule has 0 bridgehead atoms. The number of nitrogens with one attached hydrogen (secondary N) is 1. The summed E-state index contributed by atoms with van der Waals surface area (Å²) >= 11 is 1.60. The van der Waals surface area contributed by atoms with Crippen molar-refractivity contribution in [2.45, 2.75) is 40.2 Å². The number of aryl methyl sites for hydroxylation is 3. The van der Waals surface area contributed by atoms with Crippen molar-refractivity contribution in [1.82, 2.24) is 29.9 Å². The molecule has 3 aromatic rings. The Morgan fingerprint density at radius 3 is 2.83 bits per heavy atom. The fourth-order valence-electron chi connectivity index (χ4n) is 2.28. The molecule has 8 heteroatoms. The van der Waals surface area contributed by atoms with Crippen LogP contribution < -0.4 is 5.32 Å². The minimum absolute atomic E-state index is 0.115. The Morgan fingerprint density at radius 1 is 1.35 bits per heavy atom. The van der Waals surface area contributed by atoms with Gasteiger partial charge in [-0.05, 0) is 33.3 Å². The first kappa shape index (κ1) is 15.5. The van der Waals surface area contributed by atoms with Crippen molar-refractivity contribution in [3.8, 4) is 0 Å². The van der Waals surface area contributed by atoms with Crippen LogP contribution in [0.4, 0.5) is 0 Å². The second-order valence-electron chi connectivity index (χ2n) is 5.40. The van der Waals surface area contributed by atoms with Crippen LogP contribution in [0.15, 0.2) is 11.4 Å². The van der Waals surface area contributed by atoms with E-state index >= 15 is 0 Å². The monoisotopic (exact) mass is 330 g/mol. The highest BCUT2D eigenvalue weighted by atomic mass is 32.1. The molecule has 1 amide bonds. The number of amides is 1. The fourth-order valence-corrected chi connectivity index (χ4v) is 3.12. The highest BCUT2D eigenvalue weighted by Gasteiger charge is 2.19. The molecule has 0 aliphatic carbocycles. The summed E-state index contributed by atoms with van der Waals surface area (Å²) in [7, 11) is 0. The van der Waals surface area contributed by atoms with Gasteiger partial charge in [0.1, 0.15) is 0 Å². The van der Waals surface area contributed by atoms with E-state index in [1.54, 1.807) is 15.9 Å². The van der Waals surface area contributed by atoms with Crippen LogP contribution in [-0.2, 0) is 6.42 Å². The van der Waals surface area contributed by atoms with Gasteiger partial charge in [-0.2, -0.15) is 4.98 Å². The van der Waals surface area contributed by atoms with E-state index < -0.39 is 0 Å². The quantitative estimate of drug-likeness (QED) is 0.793. The van der Waals surface area contributed by atoms with E-state index in [-0.39, 0.29) is 17.8 Å². The lowest BCUT2D eigenvalue weighted by molar-refractivity contribution is 0.0929. The third kappa shape index (κ3) is 3.07. The minimum Gasteiger partial charge on any atom is -0.341 e. The molecule has 3 aromatic heterocycles. The summed E-state index contributed by atoms with van der Waals surface area (Å²) in [6, 6.07) is 1.70. The molecular weight excluding hydrogens is 312 g/mol. The number of carbonyl (C=O) groups is 1. The van der Waals surface area contributed by atoms with Gasteiger partial charge in [-0.3, -0.25) is 4.79 Å². The number of hydrogen-bond donors (Lipinski definition) is 1. The van der Waals surface area contributed by atoms with Gasteiger partial charge in [-0.25, -0.2) is 14.5 Å². The lowest BCUT2D eigenvalue weighted by Crippen LogP contribution is -2.28. The van der Waals surface area contributed by atoms with Crippen LogP contribution in [0.2, 0.25) is 0 Å². The maximum Gasteiger partial charge on any atom is 0.291 e. The van der Waals surface area contributed by atoms with E-state index in [9.17, 15) is 4.79 Å². The zero-order chi connectivity index (χ0) is 16.6. The van der Waals surface area contributed by atoms with Gasteiger partial charge in [0.2, 0.25) is 5.82 Å². The lowest BCUT2D eigenvalue weighted by atomic mass is 10.2. The summed E-state index contributed by atoms with van der Waals surface area (Å²) in [6.07, 6.45) is 0.892. The highest BCUT2D eigenvalue weighted by Crippen LogP contribution is 2.17. The van der Waals surface area contributed by atoms with E-state index in [0.29, 0.717) is 5.78 Å². The summed E-state index contributed by atoms with van der Waals surface area (Å²) in [6.45, 7) is 7.75. The topological polar surface area (TPSA) is 85.1 Å². The molecule has 3 heterocycles. The van der Waals surface area contributed by atoms with Crippen molar-refractivity contribution in [2.75, 3.05) is 0 Å². The molecule has 7 nitrogen and oxygen atoms in total. The molecule has 0 spiro atoms. The fraction of sp³-hybridized carbons (Fsp3) is 0.400. The van der Waals surface area contributed by atoms with Crippen molar-refractivity contribution in [3.63, 3.8) is 0 Å². The average Bonchev–Trinajstić information content (AvgIpc) is 3.13. The third-order valence-electron chi connectivity index (χ3n) is 3.48. The van der Waals surface area contributed by atoms with Crippen molar-refractivity contribution in [2.24, 2.45) is 0 Å². The molecule has 0 saturated heterocycles. The molecule has 23 heavy (non-hydrogen) atoms. The molecule has 120 valence electrons. The predicted molar refractivity (Wildman–Crippen MR) is 87.6 cm³/mol. The third-order valence-corrected chi connectivity index (χ3v) is 4.50. The second-order valence-corrected chi connectivity index (χ2v) is 6.34. The van der Waals surface area contributed by atoms with E-state index in [2.05, 4.69) is 32.3 Å². The Morgan fingerprint density at radius 2 is 2.13 bits per heavy atom. The largest absolute Gasteiger partial charge is 0.341 e. The Kier molecular flexibility index (Phi) is 4.08. The number of fused-ring (bicyclic) bond motifs is 1. The first-order chi connectivity index (χ1) is 11.0. The van der Waals surface area contributed by atoms with Crippen LogP contribution in [0.1, 0.15) is 52.6 Å². The van der Waals surface area contributed by atoms with Crippen LogP contribution in [0, 0.1) is 13.8 Å². The Labute approximate surface area is 137 Å². The summed E-state index contributed by atoms with van der Waals surface area (Å²) < 4.78 is 1.57. The van der Waals surface area contributed by atoms with Crippen molar-refractivity contribution in [1.29, 1.82) is 0 Å². The van der Waals surface area contributed by atoms with E-state index in [4.69, 9.17) is 0 Å². The number of hydrogen-bond acceptors (Lipinski definition) is 6. The molecule has 1 unspecified atom stereocenters.